The van der Waals surface area contributed by atoms with Crippen LogP contribution in [0.4, 0.5) is 10.1 Å². The number of hydrogen-bond acceptors (Lipinski definition) is 5. The Bertz CT molecular complexity index is 852. The fraction of sp³-hybridized carbons (Fsp3) is 0.364. The van der Waals surface area contributed by atoms with Crippen molar-refractivity contribution < 1.29 is 23.5 Å². The Balaban J connectivity index is 1.38. The number of halogens is 1. The third-order valence-electron chi connectivity index (χ3n) is 4.70. The highest BCUT2D eigenvalue weighted by Gasteiger charge is 2.22. The molecule has 8 heteroatoms. The van der Waals surface area contributed by atoms with Gasteiger partial charge < -0.3 is 19.7 Å². The standard InChI is InChI=1S/C22H26FN3O4/c1-2-29-19-6-8-20(9-7-19)30-16-22(28)26-12-10-25(11-13-26)15-21(27)24-18-5-3-4-17(23)14-18/h3-9,14H,2,10-13,15-16H2,1H3,(H,24,27). The summed E-state index contributed by atoms with van der Waals surface area (Å²) >= 11 is 0. The quantitative estimate of drug-likeness (QED) is 0.717. The van der Waals surface area contributed by atoms with Crippen LogP contribution in [-0.2, 0) is 9.59 Å². The van der Waals surface area contributed by atoms with Crippen LogP contribution in [0.3, 0.4) is 0 Å². The predicted octanol–water partition coefficient (Wildman–Crippen LogP) is 2.39. The predicted molar refractivity (Wildman–Crippen MR) is 111 cm³/mol. The molecule has 1 saturated heterocycles. The molecule has 2 amide bonds. The minimum Gasteiger partial charge on any atom is -0.494 e. The van der Waals surface area contributed by atoms with Gasteiger partial charge in [0.2, 0.25) is 5.91 Å². The van der Waals surface area contributed by atoms with E-state index in [1.54, 1.807) is 41.3 Å². The van der Waals surface area contributed by atoms with Gasteiger partial charge in [-0.1, -0.05) is 6.07 Å². The molecule has 0 spiro atoms. The summed E-state index contributed by atoms with van der Waals surface area (Å²) in [5.41, 5.74) is 0.431. The molecule has 2 aromatic carbocycles. The first-order chi connectivity index (χ1) is 14.5. The number of benzene rings is 2. The van der Waals surface area contributed by atoms with Crippen molar-refractivity contribution in [3.8, 4) is 11.5 Å². The van der Waals surface area contributed by atoms with E-state index in [2.05, 4.69) is 5.32 Å². The zero-order valence-corrected chi connectivity index (χ0v) is 17.0. The van der Waals surface area contributed by atoms with Crippen molar-refractivity contribution in [3.05, 3.63) is 54.3 Å². The average Bonchev–Trinajstić information content (AvgIpc) is 2.74. The SMILES string of the molecule is CCOc1ccc(OCC(=O)N2CCN(CC(=O)Nc3cccc(F)c3)CC2)cc1. The lowest BCUT2D eigenvalue weighted by Crippen LogP contribution is -2.51. The molecular formula is C22H26FN3O4. The smallest absolute Gasteiger partial charge is 0.260 e. The summed E-state index contributed by atoms with van der Waals surface area (Å²) in [5.74, 6) is 0.674. The molecule has 1 aliphatic heterocycles. The zero-order valence-electron chi connectivity index (χ0n) is 17.0. The molecule has 0 radical (unpaired) electrons. The molecule has 1 N–H and O–H groups in total. The summed E-state index contributed by atoms with van der Waals surface area (Å²) in [6, 6.07) is 12.9. The van der Waals surface area contributed by atoms with Crippen molar-refractivity contribution in [2.24, 2.45) is 0 Å². The van der Waals surface area contributed by atoms with Crippen LogP contribution in [0.1, 0.15) is 6.92 Å². The van der Waals surface area contributed by atoms with Crippen LogP contribution in [0, 0.1) is 5.82 Å². The number of rotatable bonds is 8. The Kier molecular flexibility index (Phi) is 7.62. The second-order valence-corrected chi connectivity index (χ2v) is 6.91. The van der Waals surface area contributed by atoms with Crippen molar-refractivity contribution >= 4 is 17.5 Å². The summed E-state index contributed by atoms with van der Waals surface area (Å²) in [4.78, 5) is 28.2. The molecule has 2 aromatic rings. The molecule has 160 valence electrons. The van der Waals surface area contributed by atoms with Gasteiger partial charge in [-0.05, 0) is 49.4 Å². The molecule has 3 rings (SSSR count). The van der Waals surface area contributed by atoms with Gasteiger partial charge in [-0.25, -0.2) is 4.39 Å². The van der Waals surface area contributed by atoms with Crippen molar-refractivity contribution in [2.45, 2.75) is 6.92 Å². The first kappa shape index (κ1) is 21.6. The minimum atomic E-state index is -0.396. The fourth-order valence-electron chi connectivity index (χ4n) is 3.16. The van der Waals surface area contributed by atoms with Gasteiger partial charge in [0.1, 0.15) is 17.3 Å². The van der Waals surface area contributed by atoms with E-state index in [1.165, 1.54) is 12.1 Å². The Labute approximate surface area is 175 Å². The summed E-state index contributed by atoms with van der Waals surface area (Å²) < 4.78 is 24.1. The maximum absolute atomic E-state index is 13.2. The number of amides is 2. The largest absolute Gasteiger partial charge is 0.494 e. The lowest BCUT2D eigenvalue weighted by atomic mass is 10.3. The fourth-order valence-corrected chi connectivity index (χ4v) is 3.16. The van der Waals surface area contributed by atoms with E-state index in [0.717, 1.165) is 5.75 Å². The van der Waals surface area contributed by atoms with E-state index in [-0.39, 0.29) is 25.0 Å². The molecule has 1 heterocycles. The maximum Gasteiger partial charge on any atom is 0.260 e. The molecule has 0 atom stereocenters. The number of piperazine rings is 1. The van der Waals surface area contributed by atoms with E-state index in [4.69, 9.17) is 9.47 Å². The highest BCUT2D eigenvalue weighted by atomic mass is 19.1. The van der Waals surface area contributed by atoms with E-state index in [0.29, 0.717) is 44.2 Å². The van der Waals surface area contributed by atoms with Gasteiger partial charge in [0.15, 0.2) is 6.61 Å². The van der Waals surface area contributed by atoms with E-state index < -0.39 is 5.82 Å². The molecular weight excluding hydrogens is 389 g/mol. The molecule has 0 bridgehead atoms. The van der Waals surface area contributed by atoms with Gasteiger partial charge in [-0.15, -0.1) is 0 Å². The van der Waals surface area contributed by atoms with Crippen LogP contribution in [-0.4, -0.2) is 67.6 Å². The van der Waals surface area contributed by atoms with Gasteiger partial charge in [0.05, 0.1) is 13.2 Å². The van der Waals surface area contributed by atoms with Gasteiger partial charge >= 0.3 is 0 Å². The van der Waals surface area contributed by atoms with Crippen LogP contribution >= 0.6 is 0 Å². The highest BCUT2D eigenvalue weighted by molar-refractivity contribution is 5.92. The summed E-state index contributed by atoms with van der Waals surface area (Å²) in [6.07, 6.45) is 0. The third-order valence-corrected chi connectivity index (χ3v) is 4.70. The molecule has 1 fully saturated rings. The van der Waals surface area contributed by atoms with Crippen LogP contribution in [0.2, 0.25) is 0 Å². The van der Waals surface area contributed by atoms with Gasteiger partial charge in [-0.2, -0.15) is 0 Å². The molecule has 1 aliphatic rings. The Morgan fingerprint density at radius 3 is 2.30 bits per heavy atom. The van der Waals surface area contributed by atoms with Crippen molar-refractivity contribution in [3.63, 3.8) is 0 Å². The van der Waals surface area contributed by atoms with Crippen LogP contribution in [0.25, 0.3) is 0 Å². The molecule has 0 aliphatic carbocycles. The van der Waals surface area contributed by atoms with Gasteiger partial charge in [0, 0.05) is 31.9 Å². The summed E-state index contributed by atoms with van der Waals surface area (Å²) in [6.45, 7) is 4.90. The first-order valence-electron chi connectivity index (χ1n) is 9.94. The number of carbonyl (C=O) groups is 2. The third kappa shape index (κ3) is 6.45. The van der Waals surface area contributed by atoms with E-state index in [9.17, 15) is 14.0 Å². The van der Waals surface area contributed by atoms with E-state index >= 15 is 0 Å². The van der Waals surface area contributed by atoms with Crippen LogP contribution < -0.4 is 14.8 Å². The number of carbonyl (C=O) groups excluding carboxylic acids is 2. The number of nitrogens with one attached hydrogen (secondary N) is 1. The van der Waals surface area contributed by atoms with Crippen LogP contribution in [0.15, 0.2) is 48.5 Å². The number of hydrogen-bond donors (Lipinski definition) is 1. The highest BCUT2D eigenvalue weighted by Crippen LogP contribution is 2.17. The molecule has 0 aromatic heterocycles. The number of nitrogens with zero attached hydrogens (tertiary/aromatic N) is 2. The Morgan fingerprint density at radius 1 is 1.00 bits per heavy atom. The van der Waals surface area contributed by atoms with Crippen molar-refractivity contribution in [2.75, 3.05) is 51.3 Å². The van der Waals surface area contributed by atoms with Crippen molar-refractivity contribution in [1.29, 1.82) is 0 Å². The van der Waals surface area contributed by atoms with Gasteiger partial charge in [0.25, 0.3) is 5.91 Å². The van der Waals surface area contributed by atoms with Crippen LogP contribution in [0.5, 0.6) is 11.5 Å². The lowest BCUT2D eigenvalue weighted by molar-refractivity contribution is -0.135. The van der Waals surface area contributed by atoms with E-state index in [1.807, 2.05) is 11.8 Å². The minimum absolute atomic E-state index is 0.0337. The second kappa shape index (κ2) is 10.6. The van der Waals surface area contributed by atoms with Gasteiger partial charge in [-0.3, -0.25) is 14.5 Å². The maximum atomic E-state index is 13.2. The summed E-state index contributed by atoms with van der Waals surface area (Å²) in [5, 5.41) is 2.68. The van der Waals surface area contributed by atoms with Crippen molar-refractivity contribution in [1.82, 2.24) is 9.80 Å². The monoisotopic (exact) mass is 415 g/mol. The average molecular weight is 415 g/mol. The topological polar surface area (TPSA) is 71.1 Å². The number of anilines is 1. The molecule has 0 saturated carbocycles. The Hall–Kier alpha value is -3.13. The summed E-state index contributed by atoms with van der Waals surface area (Å²) in [7, 11) is 0. The normalized spacial score (nSPS) is 14.3. The second-order valence-electron chi connectivity index (χ2n) is 6.91. The Morgan fingerprint density at radius 2 is 1.67 bits per heavy atom. The first-order valence-corrected chi connectivity index (χ1v) is 9.94. The molecule has 0 unspecified atom stereocenters. The lowest BCUT2D eigenvalue weighted by Gasteiger charge is -2.34. The molecule has 7 nitrogen and oxygen atoms in total. The molecule has 30 heavy (non-hydrogen) atoms. The zero-order chi connectivity index (χ0) is 21.3. The number of ether oxygens (including phenoxy) is 2.